The summed E-state index contributed by atoms with van der Waals surface area (Å²) in [6.07, 6.45) is 3.51. The molecule has 1 aromatic heterocycles. The van der Waals surface area contributed by atoms with Crippen LogP contribution in [0.5, 0.6) is 5.75 Å². The first-order valence-electron chi connectivity index (χ1n) is 12.6. The number of methoxy groups -OCH3 is 2. The lowest BCUT2D eigenvalue weighted by molar-refractivity contribution is -0.135. The van der Waals surface area contributed by atoms with E-state index in [0.717, 1.165) is 54.5 Å². The van der Waals surface area contributed by atoms with Gasteiger partial charge in [-0.05, 0) is 48.9 Å². The molecule has 40 heavy (non-hydrogen) atoms. The number of hydrogen-bond donors (Lipinski definition) is 2. The fraction of sp³-hybridized carbons (Fsp3) is 0.345. The van der Waals surface area contributed by atoms with E-state index < -0.39 is 34.8 Å². The first-order chi connectivity index (χ1) is 19.1. The van der Waals surface area contributed by atoms with Crippen molar-refractivity contribution in [2.45, 2.75) is 33.1 Å². The summed E-state index contributed by atoms with van der Waals surface area (Å²) >= 11 is 1.15. The largest absolute Gasteiger partial charge is 0.496 e. The number of carbonyl (C=O) groups is 2. The van der Waals surface area contributed by atoms with Gasteiger partial charge in [0.25, 0.3) is 5.91 Å². The number of amides is 1. The van der Waals surface area contributed by atoms with Gasteiger partial charge in [-0.3, -0.25) is 10.1 Å². The molecule has 0 atom stereocenters. The highest BCUT2D eigenvalue weighted by molar-refractivity contribution is 7.14. The minimum absolute atomic E-state index is 0.221. The van der Waals surface area contributed by atoms with Crippen molar-refractivity contribution in [3.63, 3.8) is 0 Å². The van der Waals surface area contributed by atoms with Crippen LogP contribution < -0.4 is 10.1 Å². The number of aliphatic carboxylic acids is 1. The van der Waals surface area contributed by atoms with Crippen LogP contribution in [0.25, 0.3) is 17.3 Å². The molecule has 0 saturated carbocycles. The third-order valence-electron chi connectivity index (χ3n) is 5.93. The Bertz CT molecular complexity index is 1350. The zero-order valence-electron chi connectivity index (χ0n) is 22.8. The Morgan fingerprint density at radius 3 is 2.50 bits per heavy atom. The average molecular weight is 575 g/mol. The van der Waals surface area contributed by atoms with E-state index in [1.54, 1.807) is 12.5 Å². The SMILES string of the molecule is COC(=Cc1c(F)cc(C(=O)Nc2nc(-c3cccc(CCOCCCC(C)C)c3OC)cs2)cc1F)C(=O)O. The highest BCUT2D eigenvalue weighted by Gasteiger charge is 2.19. The molecule has 1 heterocycles. The number of aromatic nitrogens is 1. The smallest absolute Gasteiger partial charge is 0.371 e. The Morgan fingerprint density at radius 1 is 1.15 bits per heavy atom. The maximum atomic E-state index is 14.5. The molecule has 0 aliphatic rings. The number of nitrogens with zero attached hydrogens (tertiary/aromatic N) is 1. The Balaban J connectivity index is 1.72. The van der Waals surface area contributed by atoms with Crippen LogP contribution in [0.2, 0.25) is 0 Å². The van der Waals surface area contributed by atoms with Crippen LogP contribution in [-0.2, 0) is 20.7 Å². The number of carboxylic acid groups (broad SMARTS) is 1. The van der Waals surface area contributed by atoms with Crippen molar-refractivity contribution in [1.29, 1.82) is 0 Å². The summed E-state index contributed by atoms with van der Waals surface area (Å²) in [4.78, 5) is 28.3. The molecular weight excluding hydrogens is 542 g/mol. The number of ether oxygens (including phenoxy) is 3. The van der Waals surface area contributed by atoms with Crippen LogP contribution >= 0.6 is 11.3 Å². The first-order valence-corrected chi connectivity index (χ1v) is 13.5. The number of halogens is 2. The molecule has 0 spiro atoms. The zero-order chi connectivity index (χ0) is 29.2. The highest BCUT2D eigenvalue weighted by atomic mass is 32.1. The predicted molar refractivity (Wildman–Crippen MR) is 150 cm³/mol. The van der Waals surface area contributed by atoms with E-state index in [-0.39, 0.29) is 10.7 Å². The molecule has 214 valence electrons. The van der Waals surface area contributed by atoms with E-state index in [0.29, 0.717) is 43.1 Å². The number of anilines is 1. The van der Waals surface area contributed by atoms with Crippen LogP contribution in [0.1, 0.15) is 48.2 Å². The molecular formula is C29H32F2N2O6S. The molecule has 0 aliphatic carbocycles. The lowest BCUT2D eigenvalue weighted by atomic mass is 10.0. The Hall–Kier alpha value is -3.83. The third kappa shape index (κ3) is 8.09. The molecule has 8 nitrogen and oxygen atoms in total. The number of rotatable bonds is 14. The lowest BCUT2D eigenvalue weighted by Crippen LogP contribution is -2.13. The van der Waals surface area contributed by atoms with Crippen LogP contribution in [0.3, 0.4) is 0 Å². The molecule has 0 saturated heterocycles. The van der Waals surface area contributed by atoms with E-state index in [4.69, 9.17) is 14.6 Å². The van der Waals surface area contributed by atoms with Crippen molar-refractivity contribution >= 4 is 34.4 Å². The van der Waals surface area contributed by atoms with E-state index in [2.05, 4.69) is 28.9 Å². The number of para-hydroxylation sites is 1. The van der Waals surface area contributed by atoms with E-state index >= 15 is 0 Å². The summed E-state index contributed by atoms with van der Waals surface area (Å²) in [6.45, 7) is 5.63. The summed E-state index contributed by atoms with van der Waals surface area (Å²) in [5.41, 5.74) is 1.32. The van der Waals surface area contributed by atoms with Gasteiger partial charge in [0.1, 0.15) is 17.4 Å². The van der Waals surface area contributed by atoms with Crippen LogP contribution in [0.4, 0.5) is 13.9 Å². The van der Waals surface area contributed by atoms with Gasteiger partial charge < -0.3 is 19.3 Å². The van der Waals surface area contributed by atoms with E-state index in [9.17, 15) is 18.4 Å². The minimum atomic E-state index is -1.49. The van der Waals surface area contributed by atoms with Gasteiger partial charge in [-0.15, -0.1) is 11.3 Å². The van der Waals surface area contributed by atoms with Crippen molar-refractivity contribution in [2.24, 2.45) is 5.92 Å². The summed E-state index contributed by atoms with van der Waals surface area (Å²) in [5.74, 6) is -3.86. The number of hydrogen-bond acceptors (Lipinski definition) is 7. The van der Waals surface area contributed by atoms with Crippen LogP contribution in [-0.4, -0.2) is 49.4 Å². The molecule has 2 N–H and O–H groups in total. The molecule has 1 amide bonds. The van der Waals surface area contributed by atoms with E-state index in [1.165, 1.54) is 0 Å². The fourth-order valence-corrected chi connectivity index (χ4v) is 4.62. The highest BCUT2D eigenvalue weighted by Crippen LogP contribution is 2.35. The minimum Gasteiger partial charge on any atom is -0.496 e. The van der Waals surface area contributed by atoms with Crippen LogP contribution in [0, 0.1) is 17.6 Å². The number of carbonyl (C=O) groups excluding carboxylic acids is 1. The first kappa shape index (κ1) is 30.7. The maximum Gasteiger partial charge on any atom is 0.371 e. The quantitative estimate of drug-likeness (QED) is 0.130. The van der Waals surface area contributed by atoms with Gasteiger partial charge >= 0.3 is 5.97 Å². The molecule has 2 aromatic carbocycles. The van der Waals surface area contributed by atoms with Crippen LogP contribution in [0.15, 0.2) is 41.5 Å². The van der Waals surface area contributed by atoms with Gasteiger partial charge in [-0.1, -0.05) is 26.0 Å². The number of nitrogens with one attached hydrogen (secondary N) is 1. The average Bonchev–Trinajstić information content (AvgIpc) is 3.37. The zero-order valence-corrected chi connectivity index (χ0v) is 23.6. The van der Waals surface area contributed by atoms with E-state index in [1.807, 2.05) is 18.2 Å². The van der Waals surface area contributed by atoms with Crippen molar-refractivity contribution < 1.29 is 37.7 Å². The summed E-state index contributed by atoms with van der Waals surface area (Å²) in [7, 11) is 2.64. The second-order valence-electron chi connectivity index (χ2n) is 9.26. The fourth-order valence-electron chi connectivity index (χ4n) is 3.92. The van der Waals surface area contributed by atoms with Gasteiger partial charge in [0.05, 0.1) is 26.5 Å². The summed E-state index contributed by atoms with van der Waals surface area (Å²) in [6, 6.07) is 7.33. The molecule has 0 fully saturated rings. The number of benzene rings is 2. The second-order valence-corrected chi connectivity index (χ2v) is 10.1. The second kappa shape index (κ2) is 14.5. The lowest BCUT2D eigenvalue weighted by Gasteiger charge is -2.13. The predicted octanol–water partition coefficient (Wildman–Crippen LogP) is 6.42. The number of thiazole rings is 1. The Morgan fingerprint density at radius 2 is 1.88 bits per heavy atom. The molecule has 0 radical (unpaired) electrons. The third-order valence-corrected chi connectivity index (χ3v) is 6.69. The molecule has 3 rings (SSSR count). The molecule has 11 heteroatoms. The van der Waals surface area contributed by atoms with Gasteiger partial charge in [-0.25, -0.2) is 18.6 Å². The Labute approximate surface area is 235 Å². The Kier molecular flexibility index (Phi) is 11.2. The van der Waals surface area contributed by atoms with Gasteiger partial charge in [-0.2, -0.15) is 0 Å². The summed E-state index contributed by atoms with van der Waals surface area (Å²) < 4.78 is 45.2. The molecule has 0 aliphatic heterocycles. The van der Waals surface area contributed by atoms with Gasteiger partial charge in [0, 0.05) is 34.8 Å². The van der Waals surface area contributed by atoms with Gasteiger partial charge in [0.15, 0.2) is 5.13 Å². The normalized spacial score (nSPS) is 11.5. The topological polar surface area (TPSA) is 107 Å². The maximum absolute atomic E-state index is 14.5. The van der Waals surface area contributed by atoms with Crippen molar-refractivity contribution in [3.8, 4) is 17.0 Å². The standard InChI is InChI=1S/C29H32F2N2O6S/c1-17(2)7-6-11-39-12-10-18-8-5-9-20(26(18)38-4)24-16-40-29(32-24)33-27(34)19-13-22(30)21(23(31)14-19)15-25(37-3)28(35)36/h5,8-9,13-17H,6-7,10-12H2,1-4H3,(H,35,36)(H,32,33,34). The molecule has 0 unspecified atom stereocenters. The monoisotopic (exact) mass is 574 g/mol. The van der Waals surface area contributed by atoms with Crippen molar-refractivity contribution in [3.05, 3.63) is 69.8 Å². The number of carboxylic acids is 1. The summed E-state index contributed by atoms with van der Waals surface area (Å²) in [5, 5.41) is 13.5. The molecule has 3 aromatic rings. The van der Waals surface area contributed by atoms with Gasteiger partial charge in [0.2, 0.25) is 5.76 Å². The molecule has 0 bridgehead atoms. The van der Waals surface area contributed by atoms with Crippen molar-refractivity contribution in [1.82, 2.24) is 4.98 Å². The van der Waals surface area contributed by atoms with Crippen molar-refractivity contribution in [2.75, 3.05) is 32.8 Å².